The van der Waals surface area contributed by atoms with E-state index in [0.717, 1.165) is 0 Å². The molecule has 0 atom stereocenters. The van der Waals surface area contributed by atoms with E-state index in [9.17, 15) is 13.2 Å². The molecule has 0 spiro atoms. The summed E-state index contributed by atoms with van der Waals surface area (Å²) in [5, 5.41) is 5.81. The van der Waals surface area contributed by atoms with Gasteiger partial charge in [0.05, 0.1) is 10.5 Å². The van der Waals surface area contributed by atoms with E-state index in [2.05, 4.69) is 20.3 Å². The predicted octanol–water partition coefficient (Wildman–Crippen LogP) is 1.39. The Bertz CT molecular complexity index is 868. The van der Waals surface area contributed by atoms with Gasteiger partial charge >= 0.3 is 0 Å². The maximum atomic E-state index is 12.6. The fraction of sp³-hybridized carbons (Fsp3) is 0.294. The Morgan fingerprint density at radius 2 is 2.00 bits per heavy atom. The van der Waals surface area contributed by atoms with E-state index in [-0.39, 0.29) is 29.9 Å². The number of benzene rings is 1. The molecule has 9 heteroatoms. The van der Waals surface area contributed by atoms with Crippen molar-refractivity contribution in [2.45, 2.75) is 24.8 Å². The van der Waals surface area contributed by atoms with Crippen molar-refractivity contribution in [3.63, 3.8) is 0 Å². The molecular weight excluding hydrogens is 354 g/mol. The van der Waals surface area contributed by atoms with Crippen molar-refractivity contribution in [3.8, 4) is 0 Å². The van der Waals surface area contributed by atoms with Gasteiger partial charge in [0.25, 0.3) is 5.91 Å². The van der Waals surface area contributed by atoms with Crippen molar-refractivity contribution >= 4 is 27.4 Å². The van der Waals surface area contributed by atoms with Gasteiger partial charge < -0.3 is 16.4 Å². The summed E-state index contributed by atoms with van der Waals surface area (Å²) in [4.78, 5) is 16.8. The molecule has 0 aliphatic rings. The molecule has 2 rings (SSSR count). The third-order valence-corrected chi connectivity index (χ3v) is 4.78. The Morgan fingerprint density at radius 3 is 2.69 bits per heavy atom. The lowest BCUT2D eigenvalue weighted by molar-refractivity contribution is 0.102. The van der Waals surface area contributed by atoms with Crippen molar-refractivity contribution in [2.75, 3.05) is 23.7 Å². The number of amides is 1. The number of carbonyl (C=O) groups is 1. The standard InChI is InChI=1S/C17H23N5O3S/c1-12(2)21-16-15(7-4-9-19-16)17(23)22-13-5-3-6-14(11-13)26(24,25)20-10-8-18/h3-7,9,11-12,20H,8,10,18H2,1-2H3,(H,19,21)(H,22,23). The van der Waals surface area contributed by atoms with Crippen molar-refractivity contribution in [3.05, 3.63) is 48.2 Å². The molecule has 0 aliphatic heterocycles. The Labute approximate surface area is 153 Å². The Hall–Kier alpha value is -2.49. The van der Waals surface area contributed by atoms with Gasteiger partial charge in [0, 0.05) is 31.0 Å². The number of hydrogen-bond donors (Lipinski definition) is 4. The van der Waals surface area contributed by atoms with E-state index < -0.39 is 10.0 Å². The number of nitrogens with zero attached hydrogens (tertiary/aromatic N) is 1. The summed E-state index contributed by atoms with van der Waals surface area (Å²) >= 11 is 0. The van der Waals surface area contributed by atoms with Gasteiger partial charge in [-0.25, -0.2) is 18.1 Å². The first-order chi connectivity index (χ1) is 12.3. The van der Waals surface area contributed by atoms with E-state index in [0.29, 0.717) is 17.1 Å². The van der Waals surface area contributed by atoms with Crippen LogP contribution < -0.4 is 21.1 Å². The zero-order chi connectivity index (χ0) is 19.2. The van der Waals surface area contributed by atoms with Crippen LogP contribution in [0.1, 0.15) is 24.2 Å². The van der Waals surface area contributed by atoms with Crippen molar-refractivity contribution < 1.29 is 13.2 Å². The summed E-state index contributed by atoms with van der Waals surface area (Å²) < 4.78 is 26.7. The van der Waals surface area contributed by atoms with E-state index >= 15 is 0 Å². The third-order valence-electron chi connectivity index (χ3n) is 3.32. The Balaban J connectivity index is 2.22. The van der Waals surface area contributed by atoms with Crippen LogP contribution in [0.15, 0.2) is 47.5 Å². The molecule has 0 aliphatic carbocycles. The normalized spacial score (nSPS) is 11.4. The summed E-state index contributed by atoms with van der Waals surface area (Å²) in [5.74, 6) is 0.0825. The molecule has 1 aromatic carbocycles. The van der Waals surface area contributed by atoms with Crippen LogP contribution in [0.3, 0.4) is 0 Å². The summed E-state index contributed by atoms with van der Waals surface area (Å²) in [6.07, 6.45) is 1.60. The summed E-state index contributed by atoms with van der Waals surface area (Å²) in [6.45, 7) is 4.22. The molecule has 26 heavy (non-hydrogen) atoms. The van der Waals surface area contributed by atoms with Crippen LogP contribution in [-0.2, 0) is 10.0 Å². The number of rotatable bonds is 8. The van der Waals surface area contributed by atoms with E-state index in [1.54, 1.807) is 30.5 Å². The monoisotopic (exact) mass is 377 g/mol. The second-order valence-corrected chi connectivity index (χ2v) is 7.63. The molecule has 2 aromatic rings. The van der Waals surface area contributed by atoms with E-state index in [4.69, 9.17) is 5.73 Å². The van der Waals surface area contributed by atoms with Gasteiger partial charge in [-0.15, -0.1) is 0 Å². The minimum atomic E-state index is -3.68. The maximum absolute atomic E-state index is 12.6. The third kappa shape index (κ3) is 5.25. The molecule has 1 amide bonds. The quantitative estimate of drug-likeness (QED) is 0.551. The molecule has 0 saturated heterocycles. The lowest BCUT2D eigenvalue weighted by Gasteiger charge is -2.14. The second-order valence-electron chi connectivity index (χ2n) is 5.87. The van der Waals surface area contributed by atoms with Crippen molar-refractivity contribution in [1.82, 2.24) is 9.71 Å². The Morgan fingerprint density at radius 1 is 1.23 bits per heavy atom. The number of sulfonamides is 1. The van der Waals surface area contributed by atoms with Crippen molar-refractivity contribution in [1.29, 1.82) is 0 Å². The molecule has 140 valence electrons. The lowest BCUT2D eigenvalue weighted by Crippen LogP contribution is -2.29. The fourth-order valence-corrected chi connectivity index (χ4v) is 3.29. The molecule has 0 saturated carbocycles. The minimum Gasteiger partial charge on any atom is -0.367 e. The first-order valence-electron chi connectivity index (χ1n) is 8.16. The van der Waals surface area contributed by atoms with Crippen LogP contribution in [0, 0.1) is 0 Å². The second kappa shape index (κ2) is 8.75. The molecule has 5 N–H and O–H groups in total. The van der Waals surface area contributed by atoms with Gasteiger partial charge in [0.1, 0.15) is 5.82 Å². The molecule has 0 fully saturated rings. The van der Waals surface area contributed by atoms with Crippen LogP contribution >= 0.6 is 0 Å². The number of nitrogens with one attached hydrogen (secondary N) is 3. The van der Waals surface area contributed by atoms with Gasteiger partial charge in [-0.05, 0) is 44.2 Å². The average Bonchev–Trinajstić information content (AvgIpc) is 2.60. The molecule has 1 aromatic heterocycles. The molecule has 8 nitrogen and oxygen atoms in total. The number of carbonyl (C=O) groups excluding carboxylic acids is 1. The number of pyridine rings is 1. The highest BCUT2D eigenvalue weighted by Crippen LogP contribution is 2.18. The highest BCUT2D eigenvalue weighted by molar-refractivity contribution is 7.89. The van der Waals surface area contributed by atoms with E-state index in [1.807, 2.05) is 13.8 Å². The van der Waals surface area contributed by atoms with E-state index in [1.165, 1.54) is 12.1 Å². The van der Waals surface area contributed by atoms with Crippen LogP contribution in [0.2, 0.25) is 0 Å². The lowest BCUT2D eigenvalue weighted by atomic mass is 10.2. The van der Waals surface area contributed by atoms with Gasteiger partial charge in [0.15, 0.2) is 0 Å². The van der Waals surface area contributed by atoms with Gasteiger partial charge in [0.2, 0.25) is 10.0 Å². The number of anilines is 2. The van der Waals surface area contributed by atoms with Crippen molar-refractivity contribution in [2.24, 2.45) is 5.73 Å². The summed E-state index contributed by atoms with van der Waals surface area (Å²) in [5.41, 5.74) is 6.06. The predicted molar refractivity (Wildman–Crippen MR) is 102 cm³/mol. The first kappa shape index (κ1) is 19.8. The highest BCUT2D eigenvalue weighted by atomic mass is 32.2. The summed E-state index contributed by atoms with van der Waals surface area (Å²) in [7, 11) is -3.68. The first-order valence-corrected chi connectivity index (χ1v) is 9.64. The minimum absolute atomic E-state index is 0.0514. The summed E-state index contributed by atoms with van der Waals surface area (Å²) in [6, 6.07) is 9.44. The molecule has 0 radical (unpaired) electrons. The maximum Gasteiger partial charge on any atom is 0.259 e. The van der Waals surface area contributed by atoms with Crippen LogP contribution in [0.4, 0.5) is 11.5 Å². The largest absolute Gasteiger partial charge is 0.367 e. The fourth-order valence-electron chi connectivity index (χ4n) is 2.19. The van der Waals surface area contributed by atoms with Gasteiger partial charge in [-0.3, -0.25) is 4.79 Å². The molecule has 0 bridgehead atoms. The van der Waals surface area contributed by atoms with Crippen LogP contribution in [0.25, 0.3) is 0 Å². The van der Waals surface area contributed by atoms with Crippen LogP contribution in [0.5, 0.6) is 0 Å². The van der Waals surface area contributed by atoms with Crippen LogP contribution in [-0.4, -0.2) is 38.4 Å². The topological polar surface area (TPSA) is 126 Å². The number of aromatic nitrogens is 1. The zero-order valence-corrected chi connectivity index (χ0v) is 15.5. The van der Waals surface area contributed by atoms with Gasteiger partial charge in [-0.2, -0.15) is 0 Å². The highest BCUT2D eigenvalue weighted by Gasteiger charge is 2.16. The number of hydrogen-bond acceptors (Lipinski definition) is 6. The molecular formula is C17H23N5O3S. The van der Waals surface area contributed by atoms with Gasteiger partial charge in [-0.1, -0.05) is 6.07 Å². The molecule has 0 unspecified atom stereocenters. The molecule has 1 heterocycles. The SMILES string of the molecule is CC(C)Nc1ncccc1C(=O)Nc1cccc(S(=O)(=O)NCCN)c1. The smallest absolute Gasteiger partial charge is 0.259 e. The zero-order valence-electron chi connectivity index (χ0n) is 14.7. The Kier molecular flexibility index (Phi) is 6.67. The average molecular weight is 377 g/mol. The number of nitrogens with two attached hydrogens (primary N) is 1.